The van der Waals surface area contributed by atoms with Crippen molar-refractivity contribution in [1.29, 1.82) is 0 Å². The van der Waals surface area contributed by atoms with E-state index < -0.39 is 0 Å². The zero-order valence-corrected chi connectivity index (χ0v) is 77.4. The molecule has 0 radical (unpaired) electrons. The molecule has 12 aromatic rings. The summed E-state index contributed by atoms with van der Waals surface area (Å²) in [5, 5.41) is 0. The van der Waals surface area contributed by atoms with E-state index in [1.54, 1.807) is 45.1 Å². The number of pyridine rings is 6. The van der Waals surface area contributed by atoms with Gasteiger partial charge in [0.2, 0.25) is 11.8 Å². The van der Waals surface area contributed by atoms with Crippen LogP contribution in [0, 0.1) is 20.4 Å². The highest BCUT2D eigenvalue weighted by molar-refractivity contribution is 5.85. The molecule has 24 rings (SSSR count). The third-order valence-corrected chi connectivity index (χ3v) is 29.2. The Morgan fingerprint density at radius 2 is 0.652 bits per heavy atom. The van der Waals surface area contributed by atoms with Gasteiger partial charge >= 0.3 is 0 Å². The minimum Gasteiger partial charge on any atom is -0.481 e. The van der Waals surface area contributed by atoms with E-state index in [1.165, 1.54) is 100 Å². The largest absolute Gasteiger partial charge is 0.481 e. The topological polar surface area (TPSA) is 412 Å². The van der Waals surface area contributed by atoms with Gasteiger partial charge in [-0.1, -0.05) is 109 Å². The van der Waals surface area contributed by atoms with Gasteiger partial charge in [-0.15, -0.1) is 0 Å². The fourth-order valence-electron chi connectivity index (χ4n) is 22.0. The molecule has 0 fully saturated rings. The Hall–Kier alpha value is -15.3. The lowest BCUT2D eigenvalue weighted by atomic mass is 9.90. The molecule has 686 valence electrons. The number of nitrogens with zero attached hydrogens (tertiary/aromatic N) is 13. The number of aryl methyl sites for hydroxylation is 2. The van der Waals surface area contributed by atoms with E-state index in [0.717, 1.165) is 122 Å². The maximum atomic E-state index is 7.39. The fraction of sp³-hybridized carbons (Fsp3) is 0.318. The average Bonchev–Trinajstić information content (AvgIpc) is 1.66. The van der Waals surface area contributed by atoms with Crippen molar-refractivity contribution < 1.29 is 37.9 Å². The quantitative estimate of drug-likeness (QED) is 0.0695. The molecule has 6 aliphatic heterocycles. The number of hydrogen-bond acceptors (Lipinski definition) is 27. The van der Waals surface area contributed by atoms with E-state index in [4.69, 9.17) is 84.6 Å². The molecule has 12 atom stereocenters. The predicted octanol–water partition coefficient (Wildman–Crippen LogP) is 14.7. The number of fused-ring (bicyclic) bond motifs is 6. The van der Waals surface area contributed by atoms with Crippen LogP contribution in [0.4, 0.5) is 11.5 Å². The highest BCUT2D eigenvalue weighted by atomic mass is 16.5. The normalized spacial score (nSPS) is 25.5. The lowest BCUT2D eigenvalue weighted by Gasteiger charge is -2.23. The molecule has 0 saturated heterocycles. The van der Waals surface area contributed by atoms with Crippen LogP contribution < -0.4 is 49.6 Å². The summed E-state index contributed by atoms with van der Waals surface area (Å²) in [6.07, 6.45) is 26.4. The first-order valence-corrected chi connectivity index (χ1v) is 45.7. The number of nitrogens with two attached hydrogens (primary N) is 7. The summed E-state index contributed by atoms with van der Waals surface area (Å²) in [6.45, 7) is 23.8. The number of methoxy groups -OCH3 is 2. The van der Waals surface area contributed by atoms with Crippen molar-refractivity contribution in [2.45, 2.75) is 202 Å². The van der Waals surface area contributed by atoms with Crippen LogP contribution in [0.5, 0.6) is 11.8 Å². The van der Waals surface area contributed by atoms with Crippen LogP contribution in [0.3, 0.4) is 0 Å². The standard InChI is InChI=1S/C18H16N4O.2C18H19N3O2.2C18H19N3O.C17H18N4O/c1-11-18(22-17(19)23-11)8-12-4-3-5-13(14(12)9-18)15-10-21-7-6-16(15)20-2;1-11-18(21-17(19)23-11)9-12-5-3-6-13(15(12)10-18)14-7-4-8-20-16(14)22-2;1-11-18(21-17(19)23-11)8-12-4-3-5-14(15(12)9-18)13-6-7-16(22-2)20-10-13;1-11-6-14(10-20-9-11)15-5-3-4-13-7-18(8-16(13)15)12(2)22-17(19)21-18;1-11-6-7-20-10-16(11)14-5-3-4-13-8-18(9-15(13)14)12(2)22-17(19)21-18;1-10-17(21-16(19)22-10)8-11-4-2-5-12(14(11)9-17)13-6-3-7-20-15(13)18/h3-7,10-11H,8-9H2,1H3,(H2,19,22);3-8,11H,9-10H2,1-2H3,(H2,19,21);3-7,10-11H,8-9H2,1-2H3,(H2,19,21);3-6,9-10,12H,7-8H2,1-2H3,(H2,19,21);3-7,10,12H,8-9H2,1-2H3,(H2,19,21);2-7,10H,8-9H2,1H3,(H2,18,20)(H2,19,21)/t3*11-,18-;2*12-,18-;10-,17-/m111111/s1. The van der Waals surface area contributed by atoms with Crippen LogP contribution in [0.1, 0.15) is 119 Å². The molecule has 135 heavy (non-hydrogen) atoms. The van der Waals surface area contributed by atoms with Gasteiger partial charge in [-0.05, 0) is 215 Å². The van der Waals surface area contributed by atoms with Gasteiger partial charge in [0.15, 0.2) is 5.69 Å². The molecule has 0 bridgehead atoms. The summed E-state index contributed by atoms with van der Waals surface area (Å²) in [6, 6.07) is 57.8. The second-order valence-corrected chi connectivity index (χ2v) is 37.2. The Morgan fingerprint density at radius 3 is 1.00 bits per heavy atom. The Morgan fingerprint density at radius 1 is 0.311 bits per heavy atom. The number of nitrogen functional groups attached to an aromatic ring is 1. The van der Waals surface area contributed by atoms with Crippen LogP contribution in [-0.4, -0.2) is 150 Å². The molecule has 6 spiro atoms. The lowest BCUT2D eigenvalue weighted by Crippen LogP contribution is -2.36. The van der Waals surface area contributed by atoms with E-state index in [0.29, 0.717) is 53.4 Å². The molecule has 28 nitrogen and oxygen atoms in total. The first-order chi connectivity index (χ1) is 65.1. The van der Waals surface area contributed by atoms with Gasteiger partial charge in [-0.25, -0.2) is 49.8 Å². The summed E-state index contributed by atoms with van der Waals surface area (Å²) in [4.78, 5) is 57.0. The predicted molar refractivity (Wildman–Crippen MR) is 525 cm³/mol. The van der Waals surface area contributed by atoms with Crippen LogP contribution in [0.15, 0.2) is 250 Å². The molecule has 0 saturated carbocycles. The lowest BCUT2D eigenvalue weighted by molar-refractivity contribution is 0.157. The number of anilines is 1. The van der Waals surface area contributed by atoms with Crippen molar-refractivity contribution in [2.75, 3.05) is 20.0 Å². The van der Waals surface area contributed by atoms with Crippen molar-refractivity contribution in [3.8, 4) is 78.5 Å². The summed E-state index contributed by atoms with van der Waals surface area (Å²) in [7, 11) is 3.27. The van der Waals surface area contributed by atoms with Crippen molar-refractivity contribution >= 4 is 47.6 Å². The van der Waals surface area contributed by atoms with Crippen LogP contribution in [0.25, 0.3) is 71.6 Å². The average molecular weight is 1800 g/mol. The fourth-order valence-corrected chi connectivity index (χ4v) is 22.0. The van der Waals surface area contributed by atoms with Crippen LogP contribution in [-0.2, 0) is 105 Å². The van der Waals surface area contributed by atoms with Gasteiger partial charge in [0.05, 0.1) is 20.8 Å². The minimum atomic E-state index is -0.316. The number of hydrogen-bond donors (Lipinski definition) is 7. The molecule has 0 amide bonds. The van der Waals surface area contributed by atoms with Crippen molar-refractivity contribution in [3.63, 3.8) is 0 Å². The van der Waals surface area contributed by atoms with Crippen molar-refractivity contribution in [1.82, 2.24) is 29.9 Å². The van der Waals surface area contributed by atoms with E-state index in [1.807, 2.05) is 101 Å². The molecule has 14 N–H and O–H groups in total. The van der Waals surface area contributed by atoms with Gasteiger partial charge in [0, 0.05) is 172 Å². The number of aromatic nitrogens is 6. The van der Waals surface area contributed by atoms with E-state index in [9.17, 15) is 0 Å². The molecule has 12 aliphatic rings. The Labute approximate surface area is 785 Å². The first kappa shape index (κ1) is 89.0. The highest BCUT2D eigenvalue weighted by Crippen LogP contribution is 2.52. The summed E-state index contributed by atoms with van der Waals surface area (Å²) in [5.74, 6) is 1.81. The zero-order chi connectivity index (χ0) is 94.0. The number of rotatable bonds is 8. The molecular formula is C107H110N20O8. The Balaban J connectivity index is 0.000000104. The number of amidine groups is 6. The third-order valence-electron chi connectivity index (χ3n) is 29.2. The van der Waals surface area contributed by atoms with E-state index in [-0.39, 0.29) is 75.9 Å². The van der Waals surface area contributed by atoms with Crippen molar-refractivity contribution in [2.24, 2.45) is 64.4 Å². The molecule has 6 aromatic heterocycles. The van der Waals surface area contributed by atoms with Crippen LogP contribution in [0.2, 0.25) is 0 Å². The zero-order valence-electron chi connectivity index (χ0n) is 77.4. The van der Waals surface area contributed by atoms with E-state index >= 15 is 0 Å². The smallest absolute Gasteiger partial charge is 0.282 e. The van der Waals surface area contributed by atoms with Crippen LogP contribution >= 0.6 is 0 Å². The van der Waals surface area contributed by atoms with Gasteiger partial charge in [-0.2, -0.15) is 0 Å². The summed E-state index contributed by atoms with van der Waals surface area (Å²) < 4.78 is 44.2. The second kappa shape index (κ2) is 35.4. The monoisotopic (exact) mass is 1800 g/mol. The molecule has 6 aliphatic carbocycles. The van der Waals surface area contributed by atoms with Gasteiger partial charge in [-0.3, -0.25) is 15.0 Å². The number of aliphatic imine (C=N–C) groups is 6. The minimum absolute atomic E-state index is 0.00302. The summed E-state index contributed by atoms with van der Waals surface area (Å²) >= 11 is 0. The molecule has 28 heteroatoms. The molecule has 0 unspecified atom stereocenters. The number of ether oxygens (including phenoxy) is 8. The maximum absolute atomic E-state index is 7.39. The van der Waals surface area contributed by atoms with Gasteiger partial charge in [0.25, 0.3) is 36.1 Å². The second-order valence-electron chi connectivity index (χ2n) is 37.2. The molecular weight excluding hydrogens is 1690 g/mol. The molecule has 6 aromatic carbocycles. The van der Waals surface area contributed by atoms with Gasteiger partial charge in [0.1, 0.15) is 75.7 Å². The number of benzene rings is 6. The van der Waals surface area contributed by atoms with Gasteiger partial charge < -0.3 is 78.0 Å². The van der Waals surface area contributed by atoms with Crippen molar-refractivity contribution in [3.05, 3.63) is 309 Å². The molecule has 12 heterocycles. The summed E-state index contributed by atoms with van der Waals surface area (Å²) in [5.41, 5.74) is 71.2. The highest BCUT2D eigenvalue weighted by Gasteiger charge is 2.54. The first-order valence-electron chi connectivity index (χ1n) is 45.7. The SMILES string of the molecule is COc1ccc(-c2cccc3c2C[C@@]2(C3)N=C(N)O[C@@H]2C)cn1.COc1ncccc1-c1cccc2c1C[C@@]1(C2)N=C(N)O[C@@H]1C.C[C@H]1OC(N)=N[C@@]12Cc1cccc(-c3cccnc3N)c1C2.Cc1ccncc1-c1cccc2c1C[C@@]1(C2)N=C(N)O[C@@H]1C.Cc1cncc(-c2cccc3c2C[C@@]2(C3)N=C(N)O[C@@H]2C)c1.[C-]#[N+]c1ccncc1-c1cccc2c1C[C@@]1(C2)N=C(N)O[C@@H]1C. The maximum Gasteiger partial charge on any atom is 0.282 e. The van der Waals surface area contributed by atoms with E-state index in [2.05, 4.69) is 208 Å². The Bertz CT molecular complexity index is 6780. The third kappa shape index (κ3) is 16.5. The Kier molecular flexibility index (Phi) is 23.3.